The molecule has 0 N–H and O–H groups in total. The summed E-state index contributed by atoms with van der Waals surface area (Å²) < 4.78 is 5.16. The lowest BCUT2D eigenvalue weighted by Gasteiger charge is -2.16. The third-order valence-corrected chi connectivity index (χ3v) is 2.44. The van der Waals surface area contributed by atoms with E-state index in [1.54, 1.807) is 0 Å². The van der Waals surface area contributed by atoms with Gasteiger partial charge in [0, 0.05) is 0 Å². The number of allylic oxidation sites excluding steroid dienone is 1. The second-order valence-corrected chi connectivity index (χ2v) is 3.04. The van der Waals surface area contributed by atoms with Crippen molar-refractivity contribution in [1.29, 1.82) is 0 Å². The molecule has 1 nitrogen and oxygen atoms in total. The van der Waals surface area contributed by atoms with Crippen molar-refractivity contribution < 1.29 is 3.07 Å². The van der Waals surface area contributed by atoms with Crippen LogP contribution < -0.4 is 0 Å². The summed E-state index contributed by atoms with van der Waals surface area (Å²) in [6.07, 6.45) is 6.27. The zero-order valence-electron chi connectivity index (χ0n) is 5.56. The summed E-state index contributed by atoms with van der Waals surface area (Å²) >= 11 is 1.98. The van der Waals surface area contributed by atoms with Crippen molar-refractivity contribution in [3.63, 3.8) is 0 Å². The maximum Gasteiger partial charge on any atom is 0.110 e. The third kappa shape index (κ3) is 2.26. The van der Waals surface area contributed by atoms with E-state index >= 15 is 0 Å². The van der Waals surface area contributed by atoms with Crippen LogP contribution in [0.2, 0.25) is 0 Å². The monoisotopic (exact) mass is 238 g/mol. The van der Waals surface area contributed by atoms with E-state index in [0.717, 1.165) is 6.42 Å². The lowest BCUT2D eigenvalue weighted by Crippen LogP contribution is -2.09. The molecule has 0 aromatic rings. The molecule has 0 amide bonds. The fraction of sp³-hybridized carbons (Fsp3) is 0.714. The molecule has 0 radical (unpaired) electrons. The minimum Gasteiger partial charge on any atom is -0.312 e. The molecule has 1 aliphatic carbocycles. The van der Waals surface area contributed by atoms with Crippen LogP contribution in [0.3, 0.4) is 0 Å². The standard InChI is InChI=1S/C7H11IO/c1-6-2-4-7(9-8)5-3-6/h2,7H,3-5H2,1H3/t7-/m1/s1. The van der Waals surface area contributed by atoms with E-state index in [9.17, 15) is 0 Å². The average molecular weight is 238 g/mol. The summed E-state index contributed by atoms with van der Waals surface area (Å²) in [6, 6.07) is 0. The van der Waals surface area contributed by atoms with Crippen molar-refractivity contribution in [2.75, 3.05) is 0 Å². The number of hydrogen-bond donors (Lipinski definition) is 0. The van der Waals surface area contributed by atoms with Crippen LogP contribution in [0.5, 0.6) is 0 Å². The minimum absolute atomic E-state index is 0.481. The van der Waals surface area contributed by atoms with Gasteiger partial charge in [0.1, 0.15) is 23.0 Å². The predicted octanol–water partition coefficient (Wildman–Crippen LogP) is 2.85. The van der Waals surface area contributed by atoms with E-state index < -0.39 is 0 Å². The summed E-state index contributed by atoms with van der Waals surface area (Å²) in [4.78, 5) is 0. The van der Waals surface area contributed by atoms with E-state index in [-0.39, 0.29) is 0 Å². The molecule has 1 rings (SSSR count). The minimum atomic E-state index is 0.481. The first-order valence-corrected chi connectivity index (χ1v) is 4.14. The van der Waals surface area contributed by atoms with Gasteiger partial charge in [0.15, 0.2) is 0 Å². The first-order chi connectivity index (χ1) is 4.33. The number of hydrogen-bond acceptors (Lipinski definition) is 1. The Balaban J connectivity index is 2.36. The van der Waals surface area contributed by atoms with Gasteiger partial charge in [0.05, 0.1) is 6.10 Å². The molecule has 9 heavy (non-hydrogen) atoms. The van der Waals surface area contributed by atoms with Gasteiger partial charge >= 0.3 is 0 Å². The van der Waals surface area contributed by atoms with Gasteiger partial charge in [0.25, 0.3) is 0 Å². The molecular formula is C7H11IO. The van der Waals surface area contributed by atoms with Crippen LogP contribution in [-0.4, -0.2) is 6.10 Å². The molecular weight excluding hydrogens is 227 g/mol. The molecule has 2 heteroatoms. The molecule has 0 saturated heterocycles. The van der Waals surface area contributed by atoms with Crippen LogP contribution in [0.15, 0.2) is 11.6 Å². The number of halogens is 1. The second-order valence-electron chi connectivity index (χ2n) is 2.54. The second kappa shape index (κ2) is 3.56. The van der Waals surface area contributed by atoms with E-state index in [0.29, 0.717) is 6.10 Å². The number of rotatable bonds is 1. The summed E-state index contributed by atoms with van der Waals surface area (Å²) in [6.45, 7) is 2.18. The first kappa shape index (κ1) is 7.54. The summed E-state index contributed by atoms with van der Waals surface area (Å²) in [5, 5.41) is 0. The van der Waals surface area contributed by atoms with Gasteiger partial charge in [0.2, 0.25) is 0 Å². The van der Waals surface area contributed by atoms with Gasteiger partial charge in [-0.05, 0) is 26.2 Å². The van der Waals surface area contributed by atoms with Crippen LogP contribution in [0, 0.1) is 0 Å². The smallest absolute Gasteiger partial charge is 0.110 e. The van der Waals surface area contributed by atoms with Crippen LogP contribution in [0.4, 0.5) is 0 Å². The third-order valence-electron chi connectivity index (χ3n) is 1.72. The molecule has 0 heterocycles. The van der Waals surface area contributed by atoms with Gasteiger partial charge in [-0.1, -0.05) is 11.6 Å². The van der Waals surface area contributed by atoms with Crippen LogP contribution in [0.25, 0.3) is 0 Å². The molecule has 0 aromatic carbocycles. The van der Waals surface area contributed by atoms with Crippen LogP contribution >= 0.6 is 23.0 Å². The molecule has 0 saturated carbocycles. The van der Waals surface area contributed by atoms with Crippen molar-refractivity contribution in [3.05, 3.63) is 11.6 Å². The highest BCUT2D eigenvalue weighted by Gasteiger charge is 2.10. The first-order valence-electron chi connectivity index (χ1n) is 3.26. The van der Waals surface area contributed by atoms with E-state index in [2.05, 4.69) is 13.0 Å². The van der Waals surface area contributed by atoms with E-state index in [1.165, 1.54) is 18.4 Å². The molecule has 0 unspecified atom stereocenters. The highest BCUT2D eigenvalue weighted by Crippen LogP contribution is 2.21. The predicted molar refractivity (Wildman–Crippen MR) is 46.5 cm³/mol. The Hall–Kier alpha value is 0.430. The molecule has 0 aromatic heterocycles. The fourth-order valence-electron chi connectivity index (χ4n) is 1.02. The molecule has 52 valence electrons. The Kier molecular flexibility index (Phi) is 2.98. The van der Waals surface area contributed by atoms with Gasteiger partial charge in [-0.15, -0.1) is 0 Å². The summed E-state index contributed by atoms with van der Waals surface area (Å²) in [5.74, 6) is 0. The van der Waals surface area contributed by atoms with Gasteiger partial charge in [-0.25, -0.2) is 0 Å². The lowest BCUT2D eigenvalue weighted by atomic mass is 9.99. The maximum absolute atomic E-state index is 5.16. The average Bonchev–Trinajstić information content (AvgIpc) is 1.90. The highest BCUT2D eigenvalue weighted by atomic mass is 127. The van der Waals surface area contributed by atoms with E-state index in [4.69, 9.17) is 3.07 Å². The Morgan fingerprint density at radius 2 is 2.56 bits per heavy atom. The Morgan fingerprint density at radius 3 is 3.00 bits per heavy atom. The molecule has 0 fully saturated rings. The van der Waals surface area contributed by atoms with Crippen molar-refractivity contribution >= 4 is 23.0 Å². The van der Waals surface area contributed by atoms with Crippen molar-refractivity contribution in [1.82, 2.24) is 0 Å². The van der Waals surface area contributed by atoms with Gasteiger partial charge in [-0.3, -0.25) is 0 Å². The van der Waals surface area contributed by atoms with Crippen LogP contribution in [0.1, 0.15) is 26.2 Å². The molecule has 0 spiro atoms. The normalized spacial score (nSPS) is 27.8. The van der Waals surface area contributed by atoms with Gasteiger partial charge < -0.3 is 3.07 Å². The molecule has 0 aliphatic heterocycles. The maximum atomic E-state index is 5.16. The van der Waals surface area contributed by atoms with Gasteiger partial charge in [-0.2, -0.15) is 0 Å². The zero-order valence-corrected chi connectivity index (χ0v) is 7.72. The topological polar surface area (TPSA) is 9.23 Å². The fourth-order valence-corrected chi connectivity index (χ4v) is 1.48. The zero-order chi connectivity index (χ0) is 6.69. The quantitative estimate of drug-likeness (QED) is 0.504. The Bertz CT molecular complexity index is 120. The van der Waals surface area contributed by atoms with Crippen LogP contribution in [-0.2, 0) is 3.07 Å². The summed E-state index contributed by atoms with van der Waals surface area (Å²) in [5.41, 5.74) is 1.51. The van der Waals surface area contributed by atoms with E-state index in [1.807, 2.05) is 23.0 Å². The lowest BCUT2D eigenvalue weighted by molar-refractivity contribution is 0.263. The SMILES string of the molecule is CC1=CC[C@@H](OI)CC1. The Morgan fingerprint density at radius 1 is 1.78 bits per heavy atom. The Labute approximate surface area is 70.2 Å². The molecule has 1 aliphatic rings. The molecule has 1 atom stereocenters. The summed E-state index contributed by atoms with van der Waals surface area (Å²) in [7, 11) is 0. The van der Waals surface area contributed by atoms with Crippen molar-refractivity contribution in [2.24, 2.45) is 0 Å². The largest absolute Gasteiger partial charge is 0.312 e. The van der Waals surface area contributed by atoms with Crippen molar-refractivity contribution in [3.8, 4) is 0 Å². The highest BCUT2D eigenvalue weighted by molar-refractivity contribution is 14.1. The molecule has 0 bridgehead atoms. The van der Waals surface area contributed by atoms with Crippen molar-refractivity contribution in [2.45, 2.75) is 32.3 Å².